The number of aryl methyl sites for hydroxylation is 1. The minimum atomic E-state index is 0.366. The minimum absolute atomic E-state index is 0.366. The van der Waals surface area contributed by atoms with Gasteiger partial charge < -0.3 is 10.6 Å². The van der Waals surface area contributed by atoms with Gasteiger partial charge in [-0.25, -0.2) is 4.98 Å². The number of fused-ring (bicyclic) bond motifs is 1. The largest absolute Gasteiger partial charge is 0.368 e. The summed E-state index contributed by atoms with van der Waals surface area (Å²) in [4.78, 5) is 15.9. The van der Waals surface area contributed by atoms with Crippen LogP contribution in [0.1, 0.15) is 24.6 Å². The molecule has 5 nitrogen and oxygen atoms in total. The van der Waals surface area contributed by atoms with Gasteiger partial charge in [0.2, 0.25) is 5.95 Å². The second kappa shape index (κ2) is 5.77. The zero-order chi connectivity index (χ0) is 15.0. The second-order valence-electron chi connectivity index (χ2n) is 5.79. The van der Waals surface area contributed by atoms with E-state index in [1.807, 2.05) is 0 Å². The van der Waals surface area contributed by atoms with E-state index in [-0.39, 0.29) is 0 Å². The van der Waals surface area contributed by atoms with Gasteiger partial charge in [-0.05, 0) is 38.9 Å². The third-order valence-corrected chi connectivity index (χ3v) is 5.21. The van der Waals surface area contributed by atoms with E-state index < -0.39 is 0 Å². The summed E-state index contributed by atoms with van der Waals surface area (Å²) in [6.45, 7) is 7.67. The number of nitrogens with two attached hydrogens (primary N) is 1. The topological polar surface area (TPSA) is 58.3 Å². The molecule has 2 aromatic heterocycles. The molecule has 1 fully saturated rings. The van der Waals surface area contributed by atoms with E-state index in [1.165, 1.54) is 24.3 Å². The summed E-state index contributed by atoms with van der Waals surface area (Å²) in [6, 6.07) is 2.78. The molecule has 2 N–H and O–H groups in total. The van der Waals surface area contributed by atoms with Crippen molar-refractivity contribution in [2.45, 2.75) is 32.7 Å². The Bertz CT molecular complexity index is 638. The molecule has 1 aliphatic rings. The van der Waals surface area contributed by atoms with Crippen LogP contribution < -0.4 is 10.6 Å². The smallest absolute Gasteiger partial charge is 0.223 e. The molecule has 0 radical (unpaired) electrons. The lowest BCUT2D eigenvalue weighted by molar-refractivity contribution is 0.270. The van der Waals surface area contributed by atoms with Crippen LogP contribution in [0.25, 0.3) is 10.2 Å². The molecular weight excluding hydrogens is 282 g/mol. The summed E-state index contributed by atoms with van der Waals surface area (Å²) >= 11 is 1.68. The number of nitrogens with zero attached hydrogens (tertiary/aromatic N) is 4. The normalized spacial score (nSPS) is 19.5. The summed E-state index contributed by atoms with van der Waals surface area (Å²) in [7, 11) is 2.11. The first-order valence-electron chi connectivity index (χ1n) is 7.57. The maximum atomic E-state index is 5.88. The fourth-order valence-corrected chi connectivity index (χ4v) is 4.14. The number of nitrogen functional groups attached to an aromatic ring is 1. The van der Waals surface area contributed by atoms with Crippen molar-refractivity contribution in [3.63, 3.8) is 0 Å². The number of likely N-dealkylation sites (N-methyl/N-ethyl adjacent to an activating group) is 2. The van der Waals surface area contributed by atoms with Gasteiger partial charge in [0, 0.05) is 24.5 Å². The van der Waals surface area contributed by atoms with E-state index in [4.69, 9.17) is 5.73 Å². The summed E-state index contributed by atoms with van der Waals surface area (Å²) in [6.07, 6.45) is 2.57. The third kappa shape index (κ3) is 2.82. The van der Waals surface area contributed by atoms with Crippen LogP contribution in [0.4, 0.5) is 11.8 Å². The molecule has 1 atom stereocenters. The van der Waals surface area contributed by atoms with E-state index in [1.54, 1.807) is 11.3 Å². The molecule has 0 saturated carbocycles. The lowest BCUT2D eigenvalue weighted by atomic mass is 10.2. The van der Waals surface area contributed by atoms with Gasteiger partial charge >= 0.3 is 0 Å². The van der Waals surface area contributed by atoms with Gasteiger partial charge in [0.25, 0.3) is 0 Å². The van der Waals surface area contributed by atoms with Crippen molar-refractivity contribution in [1.29, 1.82) is 0 Å². The van der Waals surface area contributed by atoms with Crippen molar-refractivity contribution in [1.82, 2.24) is 14.9 Å². The Balaban J connectivity index is 1.88. The molecule has 0 spiro atoms. The number of anilines is 2. The van der Waals surface area contributed by atoms with E-state index in [2.05, 4.69) is 46.7 Å². The number of rotatable bonds is 4. The van der Waals surface area contributed by atoms with Gasteiger partial charge in [0.05, 0.1) is 5.39 Å². The van der Waals surface area contributed by atoms with E-state index >= 15 is 0 Å². The average molecular weight is 305 g/mol. The highest BCUT2D eigenvalue weighted by molar-refractivity contribution is 7.18. The first kappa shape index (κ1) is 14.5. The van der Waals surface area contributed by atoms with Crippen LogP contribution in [0.15, 0.2) is 6.07 Å². The molecule has 0 aromatic carbocycles. The highest BCUT2D eigenvalue weighted by atomic mass is 32.1. The summed E-state index contributed by atoms with van der Waals surface area (Å²) in [5.41, 5.74) is 5.88. The molecule has 1 aliphatic heterocycles. The lowest BCUT2D eigenvalue weighted by Crippen LogP contribution is -2.39. The van der Waals surface area contributed by atoms with Gasteiger partial charge in [-0.2, -0.15) is 4.98 Å². The van der Waals surface area contributed by atoms with Crippen molar-refractivity contribution in [3.8, 4) is 0 Å². The molecule has 6 heteroatoms. The van der Waals surface area contributed by atoms with Crippen LogP contribution >= 0.6 is 11.3 Å². The molecule has 21 heavy (non-hydrogen) atoms. The highest BCUT2D eigenvalue weighted by Crippen LogP contribution is 2.31. The molecule has 1 saturated heterocycles. The summed E-state index contributed by atoms with van der Waals surface area (Å²) in [5, 5.41) is 1.12. The van der Waals surface area contributed by atoms with Crippen LogP contribution in [0, 0.1) is 6.92 Å². The van der Waals surface area contributed by atoms with Crippen molar-refractivity contribution in [2.75, 3.05) is 37.3 Å². The zero-order valence-corrected chi connectivity index (χ0v) is 13.8. The van der Waals surface area contributed by atoms with Crippen molar-refractivity contribution < 1.29 is 0 Å². The molecule has 1 unspecified atom stereocenters. The Morgan fingerprint density at radius 2 is 2.29 bits per heavy atom. The van der Waals surface area contributed by atoms with Crippen LogP contribution in [0.5, 0.6) is 0 Å². The van der Waals surface area contributed by atoms with Crippen LogP contribution in [0.2, 0.25) is 0 Å². The predicted molar refractivity (Wildman–Crippen MR) is 90.1 cm³/mol. The van der Waals surface area contributed by atoms with Gasteiger partial charge in [-0.15, -0.1) is 11.3 Å². The van der Waals surface area contributed by atoms with Crippen molar-refractivity contribution >= 4 is 33.3 Å². The monoisotopic (exact) mass is 305 g/mol. The van der Waals surface area contributed by atoms with Gasteiger partial charge in [-0.1, -0.05) is 6.92 Å². The quantitative estimate of drug-likeness (QED) is 0.940. The maximum Gasteiger partial charge on any atom is 0.223 e. The third-order valence-electron chi connectivity index (χ3n) is 4.26. The summed E-state index contributed by atoms with van der Waals surface area (Å²) in [5.74, 6) is 1.33. The Kier molecular flexibility index (Phi) is 3.99. The molecule has 3 heterocycles. The number of hydrogen-bond acceptors (Lipinski definition) is 6. The van der Waals surface area contributed by atoms with Crippen LogP contribution in [-0.4, -0.2) is 47.6 Å². The Labute approximate surface area is 129 Å². The Hall–Kier alpha value is -1.40. The molecule has 0 bridgehead atoms. The first-order chi connectivity index (χ1) is 10.1. The number of likely N-dealkylation sites (tertiary alicyclic amines) is 1. The summed E-state index contributed by atoms with van der Waals surface area (Å²) < 4.78 is 0. The molecule has 114 valence electrons. The molecule has 0 amide bonds. The number of aromatic nitrogens is 2. The van der Waals surface area contributed by atoms with Crippen molar-refractivity contribution in [2.24, 2.45) is 0 Å². The Morgan fingerprint density at radius 3 is 3.05 bits per heavy atom. The SMILES string of the molecule is CCN1CCCC1CN(C)c1nc(N)nc2sc(C)cc12. The first-order valence-corrected chi connectivity index (χ1v) is 8.39. The molecule has 0 aliphatic carbocycles. The maximum absolute atomic E-state index is 5.88. The zero-order valence-electron chi connectivity index (χ0n) is 13.0. The fraction of sp³-hybridized carbons (Fsp3) is 0.600. The van der Waals surface area contributed by atoms with E-state index in [9.17, 15) is 0 Å². The highest BCUT2D eigenvalue weighted by Gasteiger charge is 2.25. The lowest BCUT2D eigenvalue weighted by Gasteiger charge is -2.28. The van der Waals surface area contributed by atoms with Crippen LogP contribution in [-0.2, 0) is 0 Å². The van der Waals surface area contributed by atoms with Crippen molar-refractivity contribution in [3.05, 3.63) is 10.9 Å². The van der Waals surface area contributed by atoms with Gasteiger partial charge in [0.15, 0.2) is 0 Å². The van der Waals surface area contributed by atoms with Gasteiger partial charge in [0.1, 0.15) is 10.6 Å². The second-order valence-corrected chi connectivity index (χ2v) is 7.02. The minimum Gasteiger partial charge on any atom is -0.368 e. The fourth-order valence-electron chi connectivity index (χ4n) is 3.25. The standard InChI is InChI=1S/C15H23N5S/c1-4-20-7-5-6-11(20)9-19(3)13-12-8-10(2)21-14(12)18-15(16)17-13/h8,11H,4-7,9H2,1-3H3,(H2,16,17,18). The predicted octanol–water partition coefficient (Wildman–Crippen LogP) is 2.50. The molecular formula is C15H23N5S. The molecule has 3 rings (SSSR count). The van der Waals surface area contributed by atoms with Crippen LogP contribution in [0.3, 0.4) is 0 Å². The Morgan fingerprint density at radius 1 is 1.48 bits per heavy atom. The number of hydrogen-bond donors (Lipinski definition) is 1. The van der Waals surface area contributed by atoms with Gasteiger partial charge in [-0.3, -0.25) is 4.90 Å². The van der Waals surface area contributed by atoms with E-state index in [0.717, 1.165) is 29.1 Å². The average Bonchev–Trinajstić information content (AvgIpc) is 3.02. The molecule has 2 aromatic rings. The van der Waals surface area contributed by atoms with E-state index in [0.29, 0.717) is 12.0 Å². The number of thiophene rings is 1.